The first-order valence-electron chi connectivity index (χ1n) is 10.0. The zero-order chi connectivity index (χ0) is 20.5. The van der Waals surface area contributed by atoms with E-state index in [1.165, 1.54) is 0 Å². The highest BCUT2D eigenvalue weighted by atomic mass is 32.1. The van der Waals surface area contributed by atoms with Crippen molar-refractivity contribution in [2.75, 3.05) is 31.2 Å². The molecule has 0 saturated carbocycles. The molecule has 0 radical (unpaired) electrons. The molecule has 4 aromatic rings. The third-order valence-electron chi connectivity index (χ3n) is 5.24. The van der Waals surface area contributed by atoms with Crippen molar-refractivity contribution < 1.29 is 9.53 Å². The number of fused-ring (bicyclic) bond motifs is 2. The number of hydrogen-bond donors (Lipinski definition) is 2. The molecule has 1 amide bonds. The number of rotatable bonds is 5. The molecule has 9 heteroatoms. The van der Waals surface area contributed by atoms with Gasteiger partial charge in [-0.1, -0.05) is 19.1 Å². The average molecular weight is 423 g/mol. The molecule has 4 heterocycles. The van der Waals surface area contributed by atoms with Gasteiger partial charge in [0.25, 0.3) is 0 Å². The second-order valence-electron chi connectivity index (χ2n) is 7.17. The van der Waals surface area contributed by atoms with Crippen LogP contribution in [0.5, 0.6) is 0 Å². The number of anilines is 1. The van der Waals surface area contributed by atoms with Crippen LogP contribution in [0.2, 0.25) is 0 Å². The van der Waals surface area contributed by atoms with Crippen molar-refractivity contribution in [2.45, 2.75) is 19.9 Å². The van der Waals surface area contributed by atoms with Gasteiger partial charge >= 0.3 is 0 Å². The number of carbonyl (C=O) groups is 1. The molecule has 1 fully saturated rings. The molecule has 0 atom stereocenters. The Bertz CT molecular complexity index is 1210. The van der Waals surface area contributed by atoms with Gasteiger partial charge < -0.3 is 15.0 Å². The van der Waals surface area contributed by atoms with Gasteiger partial charge in [0, 0.05) is 35.3 Å². The number of hydrogen-bond acceptors (Lipinski definition) is 7. The van der Waals surface area contributed by atoms with Crippen LogP contribution in [0.3, 0.4) is 0 Å². The number of morpholine rings is 1. The van der Waals surface area contributed by atoms with Gasteiger partial charge in [0.1, 0.15) is 10.6 Å². The number of aromatic nitrogens is 4. The molecule has 2 N–H and O–H groups in total. The molecule has 1 aliphatic heterocycles. The topological polar surface area (TPSA) is 96.0 Å². The monoisotopic (exact) mass is 422 g/mol. The van der Waals surface area contributed by atoms with Gasteiger partial charge in [-0.2, -0.15) is 5.10 Å². The molecule has 30 heavy (non-hydrogen) atoms. The van der Waals surface area contributed by atoms with Crippen LogP contribution in [0.4, 0.5) is 5.82 Å². The Morgan fingerprint density at radius 1 is 1.27 bits per heavy atom. The third-order valence-corrected chi connectivity index (χ3v) is 6.27. The van der Waals surface area contributed by atoms with Crippen LogP contribution in [0.1, 0.15) is 18.2 Å². The fourth-order valence-electron chi connectivity index (χ4n) is 3.65. The summed E-state index contributed by atoms with van der Waals surface area (Å²) >= 11 is 1.60. The summed E-state index contributed by atoms with van der Waals surface area (Å²) in [7, 11) is 0. The van der Waals surface area contributed by atoms with Crippen LogP contribution in [-0.2, 0) is 16.1 Å². The lowest BCUT2D eigenvalue weighted by Crippen LogP contribution is -2.37. The van der Waals surface area contributed by atoms with E-state index in [1.807, 2.05) is 31.3 Å². The molecule has 0 aliphatic carbocycles. The first-order valence-corrected chi connectivity index (χ1v) is 10.9. The number of carbonyl (C=O) groups excluding carboxylic acids is 1. The second kappa shape index (κ2) is 8.00. The molecular weight excluding hydrogens is 400 g/mol. The average Bonchev–Trinajstić information content (AvgIpc) is 3.43. The number of amides is 1. The van der Waals surface area contributed by atoms with Crippen LogP contribution in [0.15, 0.2) is 30.5 Å². The molecule has 0 spiro atoms. The molecule has 1 saturated heterocycles. The maximum absolute atomic E-state index is 11.7. The van der Waals surface area contributed by atoms with E-state index < -0.39 is 0 Å². The van der Waals surface area contributed by atoms with E-state index in [0.717, 1.165) is 50.5 Å². The Morgan fingerprint density at radius 2 is 2.13 bits per heavy atom. The van der Waals surface area contributed by atoms with Crippen molar-refractivity contribution in [3.63, 3.8) is 0 Å². The third kappa shape index (κ3) is 3.50. The molecule has 154 valence electrons. The minimum atomic E-state index is 0.0410. The van der Waals surface area contributed by atoms with Gasteiger partial charge in [0.2, 0.25) is 5.91 Å². The first kappa shape index (κ1) is 19.0. The van der Waals surface area contributed by atoms with E-state index in [1.54, 1.807) is 11.3 Å². The van der Waals surface area contributed by atoms with E-state index in [-0.39, 0.29) is 5.91 Å². The van der Waals surface area contributed by atoms with Crippen molar-refractivity contribution >= 4 is 44.2 Å². The fraction of sp³-hybridized carbons (Fsp3) is 0.333. The van der Waals surface area contributed by atoms with Crippen molar-refractivity contribution in [3.8, 4) is 11.4 Å². The highest BCUT2D eigenvalue weighted by Crippen LogP contribution is 2.35. The lowest BCUT2D eigenvalue weighted by molar-refractivity contribution is -0.120. The summed E-state index contributed by atoms with van der Waals surface area (Å²) in [5, 5.41) is 12.2. The maximum atomic E-state index is 11.7. The van der Waals surface area contributed by atoms with E-state index in [0.29, 0.717) is 32.0 Å². The number of thiophene rings is 1. The predicted molar refractivity (Wildman–Crippen MR) is 118 cm³/mol. The van der Waals surface area contributed by atoms with Gasteiger partial charge in [-0.05, 0) is 12.1 Å². The van der Waals surface area contributed by atoms with E-state index in [2.05, 4.69) is 26.5 Å². The summed E-state index contributed by atoms with van der Waals surface area (Å²) < 4.78 is 5.54. The zero-order valence-electron chi connectivity index (χ0n) is 16.6. The van der Waals surface area contributed by atoms with Crippen molar-refractivity contribution in [3.05, 3.63) is 35.3 Å². The lowest BCUT2D eigenvalue weighted by atomic mass is 10.1. The molecule has 0 unspecified atom stereocenters. The number of benzene rings is 1. The van der Waals surface area contributed by atoms with Gasteiger partial charge in [0.05, 0.1) is 36.9 Å². The Labute approximate surface area is 177 Å². The van der Waals surface area contributed by atoms with Crippen LogP contribution >= 0.6 is 11.3 Å². The van der Waals surface area contributed by atoms with E-state index in [9.17, 15) is 4.79 Å². The summed E-state index contributed by atoms with van der Waals surface area (Å²) in [5.74, 6) is 1.64. The number of ether oxygens (including phenoxy) is 1. The van der Waals surface area contributed by atoms with E-state index >= 15 is 0 Å². The van der Waals surface area contributed by atoms with E-state index in [4.69, 9.17) is 14.7 Å². The Hall–Kier alpha value is -3.04. The van der Waals surface area contributed by atoms with Crippen molar-refractivity contribution in [2.24, 2.45) is 0 Å². The summed E-state index contributed by atoms with van der Waals surface area (Å²) in [4.78, 5) is 25.8. The number of nitrogens with one attached hydrogen (secondary N) is 2. The molecule has 3 aromatic heterocycles. The molecule has 1 aromatic carbocycles. The molecule has 0 bridgehead atoms. The van der Waals surface area contributed by atoms with Crippen molar-refractivity contribution in [1.82, 2.24) is 25.5 Å². The summed E-state index contributed by atoms with van der Waals surface area (Å²) in [6.07, 6.45) is 2.29. The standard InChI is InChI=1S/C21H22N6O2S/c1-2-18(28)22-11-13-10-15-20(27-6-8-29-9-7-27)24-19(25-21(15)30-13)14-4-3-5-17-16(14)12-23-26-17/h3-5,10,12H,2,6-9,11H2,1H3,(H,22,28)(H,23,26). The lowest BCUT2D eigenvalue weighted by Gasteiger charge is -2.28. The van der Waals surface area contributed by atoms with Gasteiger partial charge in [-0.25, -0.2) is 9.97 Å². The fourth-order valence-corrected chi connectivity index (χ4v) is 4.62. The molecular formula is C21H22N6O2S. The summed E-state index contributed by atoms with van der Waals surface area (Å²) in [6, 6.07) is 8.10. The van der Waals surface area contributed by atoms with Gasteiger partial charge in [0.15, 0.2) is 5.82 Å². The molecule has 5 rings (SSSR count). The summed E-state index contributed by atoms with van der Waals surface area (Å²) in [5.41, 5.74) is 1.91. The molecule has 8 nitrogen and oxygen atoms in total. The minimum Gasteiger partial charge on any atom is -0.378 e. The zero-order valence-corrected chi connectivity index (χ0v) is 17.5. The second-order valence-corrected chi connectivity index (χ2v) is 8.28. The highest BCUT2D eigenvalue weighted by molar-refractivity contribution is 7.18. The Morgan fingerprint density at radius 3 is 2.97 bits per heavy atom. The van der Waals surface area contributed by atoms with Crippen LogP contribution in [0.25, 0.3) is 32.5 Å². The van der Waals surface area contributed by atoms with Crippen molar-refractivity contribution in [1.29, 1.82) is 0 Å². The van der Waals surface area contributed by atoms with Gasteiger partial charge in [-0.15, -0.1) is 11.3 Å². The number of aromatic amines is 1. The predicted octanol–water partition coefficient (Wildman–Crippen LogP) is 3.10. The smallest absolute Gasteiger partial charge is 0.220 e. The Kier molecular flexibility index (Phi) is 5.06. The number of nitrogens with zero attached hydrogens (tertiary/aromatic N) is 4. The summed E-state index contributed by atoms with van der Waals surface area (Å²) in [6.45, 7) is 5.30. The van der Waals surface area contributed by atoms with Crippen LogP contribution < -0.4 is 10.2 Å². The van der Waals surface area contributed by atoms with Gasteiger partial charge in [-0.3, -0.25) is 9.89 Å². The molecule has 1 aliphatic rings. The number of H-pyrrole nitrogens is 1. The van der Waals surface area contributed by atoms with Crippen LogP contribution in [-0.4, -0.2) is 52.4 Å². The quantitative estimate of drug-likeness (QED) is 0.513. The normalized spacial score (nSPS) is 14.5. The Balaban J connectivity index is 1.63. The minimum absolute atomic E-state index is 0.0410. The van der Waals surface area contributed by atoms with Crippen LogP contribution in [0, 0.1) is 0 Å². The first-order chi connectivity index (χ1) is 14.7. The maximum Gasteiger partial charge on any atom is 0.220 e. The highest BCUT2D eigenvalue weighted by Gasteiger charge is 2.21. The largest absolute Gasteiger partial charge is 0.378 e. The SMILES string of the molecule is CCC(=O)NCc1cc2c(N3CCOCC3)nc(-c3cccc4[nH]ncc34)nc2s1.